The summed E-state index contributed by atoms with van der Waals surface area (Å²) in [4.78, 5) is 16.8. The molecule has 184 valence electrons. The number of carbonyl (C=O) groups excluding carboxylic acids is 1. The van der Waals surface area contributed by atoms with Crippen LogP contribution in [0.3, 0.4) is 0 Å². The third kappa shape index (κ3) is 6.26. The molecule has 7 nitrogen and oxygen atoms in total. The van der Waals surface area contributed by atoms with E-state index in [2.05, 4.69) is 9.62 Å². The molecule has 0 radical (unpaired) electrons. The largest absolute Gasteiger partial charge is 0.484 e. The van der Waals surface area contributed by atoms with E-state index in [0.29, 0.717) is 42.6 Å². The fourth-order valence-corrected chi connectivity index (χ4v) is 5.21. The molecule has 1 N–H and O–H groups in total. The normalized spacial score (nSPS) is 14.0. The highest BCUT2D eigenvalue weighted by atomic mass is 35.5. The predicted molar refractivity (Wildman–Crippen MR) is 139 cm³/mol. The zero-order chi connectivity index (χ0) is 25.0. The molecular formula is C26H28ClN3O4S. The van der Waals surface area contributed by atoms with Gasteiger partial charge in [-0.25, -0.2) is 8.42 Å². The third-order valence-corrected chi connectivity index (χ3v) is 7.54. The van der Waals surface area contributed by atoms with Crippen molar-refractivity contribution in [1.29, 1.82) is 0 Å². The van der Waals surface area contributed by atoms with Gasteiger partial charge in [0.2, 0.25) is 0 Å². The number of nitrogens with one attached hydrogen (secondary N) is 1. The van der Waals surface area contributed by atoms with E-state index in [1.807, 2.05) is 38.1 Å². The van der Waals surface area contributed by atoms with Crippen LogP contribution in [0, 0.1) is 13.8 Å². The molecule has 1 aliphatic rings. The summed E-state index contributed by atoms with van der Waals surface area (Å²) in [7, 11) is -3.72. The van der Waals surface area contributed by atoms with Crippen molar-refractivity contribution >= 4 is 38.9 Å². The first-order valence-corrected chi connectivity index (χ1v) is 13.2. The number of hydrogen-bond donors (Lipinski definition) is 1. The van der Waals surface area contributed by atoms with Crippen molar-refractivity contribution in [3.05, 3.63) is 82.9 Å². The van der Waals surface area contributed by atoms with Gasteiger partial charge in [-0.05, 0) is 73.5 Å². The van der Waals surface area contributed by atoms with Crippen molar-refractivity contribution in [1.82, 2.24) is 4.90 Å². The molecule has 0 saturated carbocycles. The Morgan fingerprint density at radius 1 is 0.971 bits per heavy atom. The second-order valence-corrected chi connectivity index (χ2v) is 10.7. The topological polar surface area (TPSA) is 78.9 Å². The van der Waals surface area contributed by atoms with Gasteiger partial charge in [0.1, 0.15) is 5.75 Å². The van der Waals surface area contributed by atoms with Crippen LogP contribution in [0.4, 0.5) is 11.4 Å². The first-order valence-electron chi connectivity index (χ1n) is 11.3. The molecule has 1 heterocycles. The van der Waals surface area contributed by atoms with Crippen LogP contribution in [-0.2, 0) is 14.8 Å². The number of aryl methyl sites for hydroxylation is 2. The summed E-state index contributed by atoms with van der Waals surface area (Å²) in [6.45, 7) is 6.45. The number of anilines is 2. The number of nitrogens with zero attached hydrogens (tertiary/aromatic N) is 2. The summed E-state index contributed by atoms with van der Waals surface area (Å²) in [5.74, 6) is 0.325. The average molecular weight is 514 g/mol. The first-order chi connectivity index (χ1) is 16.7. The fourth-order valence-electron chi connectivity index (χ4n) is 3.99. The summed E-state index contributed by atoms with van der Waals surface area (Å²) in [5, 5.41) is 0.697. The SMILES string of the molecule is Cc1cccc(NS(=O)(=O)c2ccc(OCC(=O)N3CCN(c4cc(Cl)ccc4C)CC3)cc2)c1. The maximum atomic E-state index is 12.6. The fraction of sp³-hybridized carbons (Fsp3) is 0.269. The minimum Gasteiger partial charge on any atom is -0.484 e. The standard InChI is InChI=1S/C26H28ClN3O4S/c1-19-4-3-5-22(16-19)28-35(32,33)24-10-8-23(9-11-24)34-18-26(31)30-14-12-29(13-15-30)25-17-21(27)7-6-20(25)2/h3-11,16-17,28H,12-15,18H2,1-2H3. The Kier molecular flexibility index (Phi) is 7.52. The highest BCUT2D eigenvalue weighted by Gasteiger charge is 2.23. The van der Waals surface area contributed by atoms with Gasteiger partial charge in [0.15, 0.2) is 6.61 Å². The number of hydrogen-bond acceptors (Lipinski definition) is 5. The monoisotopic (exact) mass is 513 g/mol. The van der Waals surface area contributed by atoms with E-state index in [1.165, 1.54) is 12.1 Å². The maximum absolute atomic E-state index is 12.6. The highest BCUT2D eigenvalue weighted by molar-refractivity contribution is 7.92. The highest BCUT2D eigenvalue weighted by Crippen LogP contribution is 2.25. The molecule has 35 heavy (non-hydrogen) atoms. The Morgan fingerprint density at radius 2 is 1.69 bits per heavy atom. The predicted octanol–water partition coefficient (Wildman–Crippen LogP) is 4.49. The average Bonchev–Trinajstić information content (AvgIpc) is 2.84. The number of rotatable bonds is 7. The summed E-state index contributed by atoms with van der Waals surface area (Å²) in [5.41, 5.74) is 3.70. The molecule has 1 saturated heterocycles. The second-order valence-electron chi connectivity index (χ2n) is 8.53. The number of amides is 1. The molecule has 1 amide bonds. The van der Waals surface area contributed by atoms with Gasteiger partial charge < -0.3 is 14.5 Å². The third-order valence-electron chi connectivity index (χ3n) is 5.91. The lowest BCUT2D eigenvalue weighted by atomic mass is 10.1. The van der Waals surface area contributed by atoms with Crippen LogP contribution in [0.15, 0.2) is 71.6 Å². The molecule has 1 fully saturated rings. The quantitative estimate of drug-likeness (QED) is 0.503. The maximum Gasteiger partial charge on any atom is 0.261 e. The van der Waals surface area contributed by atoms with E-state index in [-0.39, 0.29) is 17.4 Å². The summed E-state index contributed by atoms with van der Waals surface area (Å²) >= 11 is 6.15. The van der Waals surface area contributed by atoms with Crippen LogP contribution >= 0.6 is 11.6 Å². The Bertz CT molecular complexity index is 1300. The van der Waals surface area contributed by atoms with Crippen molar-refractivity contribution in [2.75, 3.05) is 42.4 Å². The Morgan fingerprint density at radius 3 is 2.37 bits per heavy atom. The molecule has 0 bridgehead atoms. The van der Waals surface area contributed by atoms with Crippen molar-refractivity contribution in [2.24, 2.45) is 0 Å². The molecule has 3 aromatic rings. The van der Waals surface area contributed by atoms with E-state index in [4.69, 9.17) is 16.3 Å². The lowest BCUT2D eigenvalue weighted by molar-refractivity contribution is -0.133. The minimum absolute atomic E-state index is 0.106. The van der Waals surface area contributed by atoms with Gasteiger partial charge in [0, 0.05) is 42.6 Å². The molecule has 9 heteroatoms. The molecule has 0 aliphatic carbocycles. The molecule has 0 unspecified atom stereocenters. The number of carbonyl (C=O) groups is 1. The Hall–Kier alpha value is -3.23. The van der Waals surface area contributed by atoms with E-state index in [9.17, 15) is 13.2 Å². The first kappa shape index (κ1) is 24.9. The van der Waals surface area contributed by atoms with Crippen LogP contribution in [0.25, 0.3) is 0 Å². The van der Waals surface area contributed by atoms with Crippen LogP contribution in [0.1, 0.15) is 11.1 Å². The number of sulfonamides is 1. The van der Waals surface area contributed by atoms with Crippen LogP contribution in [0.2, 0.25) is 5.02 Å². The lowest BCUT2D eigenvalue weighted by Crippen LogP contribution is -2.50. The van der Waals surface area contributed by atoms with Gasteiger partial charge in [0.25, 0.3) is 15.9 Å². The Balaban J connectivity index is 1.29. The molecule has 0 aromatic heterocycles. The molecule has 0 spiro atoms. The van der Waals surface area contributed by atoms with Crippen molar-refractivity contribution < 1.29 is 17.9 Å². The Labute approximate surface area is 211 Å². The van der Waals surface area contributed by atoms with Gasteiger partial charge >= 0.3 is 0 Å². The van der Waals surface area contributed by atoms with Gasteiger partial charge in [-0.1, -0.05) is 29.8 Å². The van der Waals surface area contributed by atoms with Gasteiger partial charge in [0.05, 0.1) is 4.90 Å². The second kappa shape index (κ2) is 10.6. The number of piperazine rings is 1. The lowest BCUT2D eigenvalue weighted by Gasteiger charge is -2.36. The zero-order valence-corrected chi connectivity index (χ0v) is 21.3. The van der Waals surface area contributed by atoms with E-state index in [0.717, 1.165) is 16.8 Å². The molecule has 3 aromatic carbocycles. The summed E-state index contributed by atoms with van der Waals surface area (Å²) < 4.78 is 33.5. The molecule has 1 aliphatic heterocycles. The summed E-state index contributed by atoms with van der Waals surface area (Å²) in [6, 6.07) is 19.0. The summed E-state index contributed by atoms with van der Waals surface area (Å²) in [6.07, 6.45) is 0. The minimum atomic E-state index is -3.72. The number of ether oxygens (including phenoxy) is 1. The van der Waals surface area contributed by atoms with E-state index in [1.54, 1.807) is 35.2 Å². The number of benzene rings is 3. The van der Waals surface area contributed by atoms with Gasteiger partial charge in [-0.3, -0.25) is 9.52 Å². The van der Waals surface area contributed by atoms with E-state index < -0.39 is 10.0 Å². The van der Waals surface area contributed by atoms with Gasteiger partial charge in [-0.2, -0.15) is 0 Å². The van der Waals surface area contributed by atoms with Crippen molar-refractivity contribution in [3.8, 4) is 5.75 Å². The molecular weight excluding hydrogens is 486 g/mol. The smallest absolute Gasteiger partial charge is 0.261 e. The molecule has 0 atom stereocenters. The van der Waals surface area contributed by atoms with Crippen LogP contribution < -0.4 is 14.4 Å². The number of halogens is 1. The molecule has 4 rings (SSSR count). The zero-order valence-electron chi connectivity index (χ0n) is 19.7. The van der Waals surface area contributed by atoms with E-state index >= 15 is 0 Å². The van der Waals surface area contributed by atoms with Crippen LogP contribution in [-0.4, -0.2) is 52.0 Å². The van der Waals surface area contributed by atoms with Crippen molar-refractivity contribution in [3.63, 3.8) is 0 Å². The van der Waals surface area contributed by atoms with Crippen LogP contribution in [0.5, 0.6) is 5.75 Å². The van der Waals surface area contributed by atoms with Crippen molar-refractivity contribution in [2.45, 2.75) is 18.7 Å². The van der Waals surface area contributed by atoms with Gasteiger partial charge in [-0.15, -0.1) is 0 Å².